The monoisotopic (exact) mass is 343 g/mol. The lowest BCUT2D eigenvalue weighted by atomic mass is 9.79. The molecule has 26 heavy (non-hydrogen) atoms. The predicted molar refractivity (Wildman–Crippen MR) is 103 cm³/mol. The number of hydrogen-bond acceptors (Lipinski definition) is 4. The van der Waals surface area contributed by atoms with Gasteiger partial charge in [-0.2, -0.15) is 0 Å². The van der Waals surface area contributed by atoms with E-state index in [0.29, 0.717) is 17.4 Å². The van der Waals surface area contributed by atoms with E-state index in [-0.39, 0.29) is 5.92 Å². The molecule has 2 aliphatic rings. The average molecular weight is 343 g/mol. The first-order valence-corrected chi connectivity index (χ1v) is 8.94. The minimum absolute atomic E-state index is 0.205. The summed E-state index contributed by atoms with van der Waals surface area (Å²) in [6.45, 7) is 2.12. The second kappa shape index (κ2) is 7.08. The average Bonchev–Trinajstić information content (AvgIpc) is 2.70. The zero-order valence-electron chi connectivity index (χ0n) is 14.8. The maximum Gasteiger partial charge on any atom is 0.163 e. The van der Waals surface area contributed by atoms with Gasteiger partial charge in [-0.15, -0.1) is 0 Å². The molecule has 0 spiro atoms. The van der Waals surface area contributed by atoms with Crippen molar-refractivity contribution < 1.29 is 5.11 Å². The molecule has 0 bridgehead atoms. The number of aromatic nitrogens is 3. The van der Waals surface area contributed by atoms with Gasteiger partial charge in [-0.3, -0.25) is 0 Å². The van der Waals surface area contributed by atoms with Crippen LogP contribution in [0.4, 0.5) is 0 Å². The minimum atomic E-state index is 0.205. The van der Waals surface area contributed by atoms with Crippen molar-refractivity contribution in [2.45, 2.75) is 26.2 Å². The maximum atomic E-state index is 10.3. The number of aliphatic hydroxyl groups excluding tert-OH is 1. The van der Waals surface area contributed by atoms with Gasteiger partial charge in [0.25, 0.3) is 0 Å². The van der Waals surface area contributed by atoms with Gasteiger partial charge >= 0.3 is 0 Å². The Morgan fingerprint density at radius 2 is 1.81 bits per heavy atom. The van der Waals surface area contributed by atoms with E-state index >= 15 is 0 Å². The minimum Gasteiger partial charge on any atom is -0.508 e. The topological polar surface area (TPSA) is 58.9 Å². The number of nitrogens with zero attached hydrogens (tertiary/aromatic N) is 3. The number of benzene rings is 1. The number of rotatable bonds is 3. The van der Waals surface area contributed by atoms with Gasteiger partial charge < -0.3 is 5.11 Å². The molecule has 0 saturated carbocycles. The molecule has 0 saturated heterocycles. The van der Waals surface area contributed by atoms with Crippen molar-refractivity contribution in [3.8, 4) is 11.4 Å². The lowest BCUT2D eigenvalue weighted by Crippen LogP contribution is -2.14. The standard InChI is InChI=1S/C22H21N3O/c1-15-17(19-10-5-6-13-20(19)26)11-7-12-18(15)22-24-14-23-21(25-22)16-8-3-2-4-9-16/h2-4,6-9,12-14,17,26H,5,10-11H2,1H3/t17-/m1/s1. The van der Waals surface area contributed by atoms with Crippen LogP contribution < -0.4 is 0 Å². The molecule has 0 fully saturated rings. The Labute approximate surface area is 153 Å². The molecule has 0 unspecified atom stereocenters. The third-order valence-corrected chi connectivity index (χ3v) is 5.05. The molecule has 0 aliphatic heterocycles. The highest BCUT2D eigenvalue weighted by Crippen LogP contribution is 2.38. The summed E-state index contributed by atoms with van der Waals surface area (Å²) in [5.74, 6) is 1.98. The second-order valence-corrected chi connectivity index (χ2v) is 6.64. The summed E-state index contributed by atoms with van der Waals surface area (Å²) in [5, 5.41) is 10.3. The van der Waals surface area contributed by atoms with Crippen LogP contribution in [0.25, 0.3) is 17.0 Å². The van der Waals surface area contributed by atoms with Gasteiger partial charge in [-0.1, -0.05) is 54.1 Å². The fourth-order valence-corrected chi connectivity index (χ4v) is 3.65. The molecule has 0 radical (unpaired) electrons. The fraction of sp³-hybridized carbons (Fsp3) is 0.227. The molecule has 4 heteroatoms. The number of aliphatic hydroxyl groups is 1. The summed E-state index contributed by atoms with van der Waals surface area (Å²) >= 11 is 0. The molecule has 1 atom stereocenters. The SMILES string of the molecule is CC1=C(c2ncnc(-c3ccccc3)n2)C=CC[C@H]1C1=C(O)C=CCC1. The van der Waals surface area contributed by atoms with Crippen LogP contribution in [0.5, 0.6) is 0 Å². The summed E-state index contributed by atoms with van der Waals surface area (Å²) in [6.07, 6.45) is 12.4. The Kier molecular flexibility index (Phi) is 4.48. The van der Waals surface area contributed by atoms with Gasteiger partial charge in [0.15, 0.2) is 11.6 Å². The maximum absolute atomic E-state index is 10.3. The van der Waals surface area contributed by atoms with E-state index in [0.717, 1.165) is 36.0 Å². The molecular weight excluding hydrogens is 322 g/mol. The third-order valence-electron chi connectivity index (χ3n) is 5.05. The zero-order chi connectivity index (χ0) is 17.9. The van der Waals surface area contributed by atoms with Crippen molar-refractivity contribution in [1.82, 2.24) is 15.0 Å². The van der Waals surface area contributed by atoms with Crippen LogP contribution in [-0.4, -0.2) is 20.1 Å². The van der Waals surface area contributed by atoms with Gasteiger partial charge in [0.1, 0.15) is 12.1 Å². The van der Waals surface area contributed by atoms with Crippen molar-refractivity contribution in [1.29, 1.82) is 0 Å². The Hall–Kier alpha value is -3.01. The van der Waals surface area contributed by atoms with Crippen LogP contribution in [0.1, 0.15) is 32.0 Å². The Balaban J connectivity index is 1.74. The zero-order valence-corrected chi connectivity index (χ0v) is 14.8. The van der Waals surface area contributed by atoms with E-state index in [4.69, 9.17) is 4.98 Å². The Morgan fingerprint density at radius 3 is 2.62 bits per heavy atom. The third kappa shape index (κ3) is 3.10. The van der Waals surface area contributed by atoms with Crippen LogP contribution in [0.3, 0.4) is 0 Å². The molecule has 2 aliphatic carbocycles. The molecule has 130 valence electrons. The van der Waals surface area contributed by atoms with Crippen LogP contribution in [0.2, 0.25) is 0 Å². The Bertz CT molecular complexity index is 939. The van der Waals surface area contributed by atoms with E-state index in [1.165, 1.54) is 5.57 Å². The van der Waals surface area contributed by atoms with E-state index in [9.17, 15) is 5.11 Å². The summed E-state index contributed by atoms with van der Waals surface area (Å²) in [4.78, 5) is 13.4. The normalized spacial score (nSPS) is 20.0. The van der Waals surface area contributed by atoms with Crippen molar-refractivity contribution in [2.24, 2.45) is 5.92 Å². The van der Waals surface area contributed by atoms with Crippen LogP contribution in [0, 0.1) is 5.92 Å². The van der Waals surface area contributed by atoms with E-state index in [1.54, 1.807) is 6.33 Å². The molecule has 1 aromatic carbocycles. The van der Waals surface area contributed by atoms with Crippen LogP contribution in [0.15, 0.2) is 77.9 Å². The van der Waals surface area contributed by atoms with Gasteiger partial charge in [0.05, 0.1) is 0 Å². The molecular formula is C22H21N3O. The van der Waals surface area contributed by atoms with E-state index in [2.05, 4.69) is 29.0 Å². The van der Waals surface area contributed by atoms with Crippen molar-refractivity contribution in [3.63, 3.8) is 0 Å². The van der Waals surface area contributed by atoms with Crippen LogP contribution in [-0.2, 0) is 0 Å². The first kappa shape index (κ1) is 16.5. The lowest BCUT2D eigenvalue weighted by molar-refractivity contribution is 0.407. The van der Waals surface area contributed by atoms with Crippen molar-refractivity contribution in [2.75, 3.05) is 0 Å². The molecule has 2 aromatic rings. The quantitative estimate of drug-likeness (QED) is 0.847. The van der Waals surface area contributed by atoms with Gasteiger partial charge in [-0.25, -0.2) is 15.0 Å². The Morgan fingerprint density at radius 1 is 1.00 bits per heavy atom. The summed E-state index contributed by atoms with van der Waals surface area (Å²) in [6, 6.07) is 9.93. The van der Waals surface area contributed by atoms with E-state index < -0.39 is 0 Å². The molecule has 1 heterocycles. The molecule has 1 aromatic heterocycles. The number of hydrogen-bond donors (Lipinski definition) is 1. The second-order valence-electron chi connectivity index (χ2n) is 6.64. The van der Waals surface area contributed by atoms with Crippen molar-refractivity contribution >= 4 is 5.57 Å². The largest absolute Gasteiger partial charge is 0.508 e. The first-order chi connectivity index (χ1) is 12.7. The highest BCUT2D eigenvalue weighted by atomic mass is 16.3. The van der Waals surface area contributed by atoms with Gasteiger partial charge in [-0.05, 0) is 37.8 Å². The summed E-state index contributed by atoms with van der Waals surface area (Å²) in [5.41, 5.74) is 4.32. The molecule has 1 N–H and O–H groups in total. The fourth-order valence-electron chi connectivity index (χ4n) is 3.65. The smallest absolute Gasteiger partial charge is 0.163 e. The number of allylic oxidation sites excluding steroid dienone is 7. The first-order valence-electron chi connectivity index (χ1n) is 8.94. The van der Waals surface area contributed by atoms with Gasteiger partial charge in [0, 0.05) is 17.1 Å². The lowest BCUT2D eigenvalue weighted by Gasteiger charge is -2.26. The molecule has 0 amide bonds. The summed E-state index contributed by atoms with van der Waals surface area (Å²) < 4.78 is 0. The van der Waals surface area contributed by atoms with E-state index in [1.807, 2.05) is 42.5 Å². The van der Waals surface area contributed by atoms with Crippen molar-refractivity contribution in [3.05, 3.63) is 83.7 Å². The highest BCUT2D eigenvalue weighted by molar-refractivity contribution is 5.75. The molecule has 4 rings (SSSR count). The molecule has 4 nitrogen and oxygen atoms in total. The van der Waals surface area contributed by atoms with Gasteiger partial charge in [0.2, 0.25) is 0 Å². The predicted octanol–water partition coefficient (Wildman–Crippen LogP) is 5.05. The highest BCUT2D eigenvalue weighted by Gasteiger charge is 2.25. The van der Waals surface area contributed by atoms with Crippen LogP contribution >= 0.6 is 0 Å². The summed E-state index contributed by atoms with van der Waals surface area (Å²) in [7, 11) is 0.